The zero-order valence-electron chi connectivity index (χ0n) is 19.5. The molecule has 9 nitrogen and oxygen atoms in total. The molecule has 0 saturated carbocycles. The van der Waals surface area contributed by atoms with Gasteiger partial charge in [-0.25, -0.2) is 4.79 Å². The number of carbonyl (C=O) groups excluding carboxylic acids is 4. The van der Waals surface area contributed by atoms with Gasteiger partial charge in [-0.15, -0.1) is 0 Å². The standard InChI is InChI=1S/C26H22N2O7S/c1-16-3-7-18(8-4-16)27-23(29)15-34-19-9-5-17(6-10-19)13-22-24(30)28(26(32)36-22)14-20-11-12-21(35-20)25(31)33-2/h3-13H,14-15H2,1-2H3,(H,27,29)/b22-13+. The Bertz CT molecular complexity index is 1330. The van der Waals surface area contributed by atoms with E-state index in [1.807, 2.05) is 31.2 Å². The summed E-state index contributed by atoms with van der Waals surface area (Å²) in [5, 5.41) is 2.32. The molecule has 0 atom stereocenters. The number of amides is 3. The average Bonchev–Trinajstić information content (AvgIpc) is 3.45. The van der Waals surface area contributed by atoms with Gasteiger partial charge in [0.2, 0.25) is 5.76 Å². The van der Waals surface area contributed by atoms with Gasteiger partial charge in [0.15, 0.2) is 6.61 Å². The van der Waals surface area contributed by atoms with E-state index in [-0.39, 0.29) is 35.5 Å². The number of thioether (sulfide) groups is 1. The third kappa shape index (κ3) is 6.02. The summed E-state index contributed by atoms with van der Waals surface area (Å²) in [6.45, 7) is 1.71. The Morgan fingerprint density at radius 3 is 2.44 bits per heavy atom. The largest absolute Gasteiger partial charge is 0.484 e. The molecule has 0 unspecified atom stereocenters. The number of aryl methyl sites for hydroxylation is 1. The van der Waals surface area contributed by atoms with E-state index in [0.29, 0.717) is 17.0 Å². The number of methoxy groups -OCH3 is 1. The molecule has 4 rings (SSSR count). The van der Waals surface area contributed by atoms with Crippen molar-refractivity contribution in [1.82, 2.24) is 4.90 Å². The number of anilines is 1. The average molecular weight is 507 g/mol. The van der Waals surface area contributed by atoms with Crippen LogP contribution in [0.1, 0.15) is 27.4 Å². The third-order valence-electron chi connectivity index (χ3n) is 5.12. The number of hydrogen-bond acceptors (Lipinski definition) is 8. The maximum Gasteiger partial charge on any atom is 0.373 e. The van der Waals surface area contributed by atoms with Crippen LogP contribution in [0.2, 0.25) is 0 Å². The number of benzene rings is 2. The molecule has 3 aromatic rings. The fraction of sp³-hybridized carbons (Fsp3) is 0.154. The summed E-state index contributed by atoms with van der Waals surface area (Å²) in [5.74, 6) is -0.633. The second-order valence-corrected chi connectivity index (χ2v) is 8.79. The van der Waals surface area contributed by atoms with Gasteiger partial charge < -0.3 is 19.2 Å². The number of nitrogens with zero attached hydrogens (tertiary/aromatic N) is 1. The lowest BCUT2D eigenvalue weighted by molar-refractivity contribution is -0.123. The molecule has 36 heavy (non-hydrogen) atoms. The van der Waals surface area contributed by atoms with Crippen molar-refractivity contribution in [2.45, 2.75) is 13.5 Å². The zero-order chi connectivity index (χ0) is 25.7. The fourth-order valence-electron chi connectivity index (χ4n) is 3.26. The summed E-state index contributed by atoms with van der Waals surface area (Å²) in [6.07, 6.45) is 1.60. The lowest BCUT2D eigenvalue weighted by atomic mass is 10.2. The molecular weight excluding hydrogens is 484 g/mol. The van der Waals surface area contributed by atoms with Crippen LogP contribution in [-0.2, 0) is 20.9 Å². The van der Waals surface area contributed by atoms with Crippen molar-refractivity contribution in [2.24, 2.45) is 0 Å². The van der Waals surface area contributed by atoms with Crippen molar-refractivity contribution in [3.05, 3.63) is 88.2 Å². The molecule has 184 valence electrons. The fourth-order valence-corrected chi connectivity index (χ4v) is 4.10. The summed E-state index contributed by atoms with van der Waals surface area (Å²) in [5.41, 5.74) is 2.47. The van der Waals surface area contributed by atoms with Crippen molar-refractivity contribution in [2.75, 3.05) is 19.0 Å². The zero-order valence-corrected chi connectivity index (χ0v) is 20.3. The molecule has 1 aliphatic heterocycles. The van der Waals surface area contributed by atoms with Gasteiger partial charge in [-0.3, -0.25) is 19.3 Å². The van der Waals surface area contributed by atoms with E-state index in [2.05, 4.69) is 10.1 Å². The third-order valence-corrected chi connectivity index (χ3v) is 6.03. The minimum absolute atomic E-state index is 0.00930. The summed E-state index contributed by atoms with van der Waals surface area (Å²) >= 11 is 0.815. The maximum atomic E-state index is 12.7. The van der Waals surface area contributed by atoms with E-state index in [1.165, 1.54) is 19.2 Å². The maximum absolute atomic E-state index is 12.7. The highest BCUT2D eigenvalue weighted by Crippen LogP contribution is 2.33. The SMILES string of the molecule is COC(=O)c1ccc(CN2C(=O)S/C(=C/c3ccc(OCC(=O)Nc4ccc(C)cc4)cc3)C2=O)o1. The topological polar surface area (TPSA) is 115 Å². The van der Waals surface area contributed by atoms with Gasteiger partial charge in [-0.1, -0.05) is 29.8 Å². The smallest absolute Gasteiger partial charge is 0.373 e. The number of nitrogens with one attached hydrogen (secondary N) is 1. The molecule has 1 aliphatic rings. The second kappa shape index (κ2) is 11.0. The van der Waals surface area contributed by atoms with Crippen LogP contribution in [0.15, 0.2) is 70.0 Å². The van der Waals surface area contributed by atoms with E-state index in [1.54, 1.807) is 30.3 Å². The highest BCUT2D eigenvalue weighted by Gasteiger charge is 2.35. The van der Waals surface area contributed by atoms with Gasteiger partial charge in [0.25, 0.3) is 17.1 Å². The van der Waals surface area contributed by atoms with Gasteiger partial charge in [0.05, 0.1) is 18.6 Å². The van der Waals surface area contributed by atoms with Crippen molar-refractivity contribution >= 4 is 46.5 Å². The van der Waals surface area contributed by atoms with E-state index in [9.17, 15) is 19.2 Å². The number of imide groups is 1. The molecular formula is C26H22N2O7S. The molecule has 1 saturated heterocycles. The van der Waals surface area contributed by atoms with Gasteiger partial charge in [-0.2, -0.15) is 0 Å². The van der Waals surface area contributed by atoms with Crippen LogP contribution >= 0.6 is 11.8 Å². The molecule has 0 bridgehead atoms. The van der Waals surface area contributed by atoms with Crippen molar-refractivity contribution in [3.63, 3.8) is 0 Å². The first-order valence-corrected chi connectivity index (χ1v) is 11.7. The lowest BCUT2D eigenvalue weighted by Crippen LogP contribution is -2.27. The second-order valence-electron chi connectivity index (χ2n) is 7.80. The van der Waals surface area contributed by atoms with Crippen molar-refractivity contribution < 1.29 is 33.1 Å². The highest BCUT2D eigenvalue weighted by atomic mass is 32.2. The normalized spacial score (nSPS) is 14.3. The molecule has 2 heterocycles. The van der Waals surface area contributed by atoms with Crippen molar-refractivity contribution in [3.8, 4) is 5.75 Å². The quantitative estimate of drug-likeness (QED) is 0.347. The minimum atomic E-state index is -0.644. The number of ether oxygens (including phenoxy) is 2. The molecule has 0 spiro atoms. The van der Waals surface area contributed by atoms with Crippen LogP contribution in [0.25, 0.3) is 6.08 Å². The molecule has 1 aromatic heterocycles. The Labute approximate surface area is 211 Å². The van der Waals surface area contributed by atoms with Crippen LogP contribution in [0.5, 0.6) is 5.75 Å². The Balaban J connectivity index is 1.33. The number of carbonyl (C=O) groups is 4. The number of furan rings is 1. The Hall–Kier alpha value is -4.31. The first-order valence-electron chi connectivity index (χ1n) is 10.8. The minimum Gasteiger partial charge on any atom is -0.484 e. The van der Waals surface area contributed by atoms with Gasteiger partial charge >= 0.3 is 5.97 Å². The van der Waals surface area contributed by atoms with Gasteiger partial charge in [-0.05, 0) is 66.7 Å². The van der Waals surface area contributed by atoms with E-state index in [4.69, 9.17) is 9.15 Å². The summed E-state index contributed by atoms with van der Waals surface area (Å²) in [4.78, 5) is 50.0. The first kappa shape index (κ1) is 24.8. The molecule has 3 amide bonds. The first-order chi connectivity index (χ1) is 17.3. The molecule has 2 aromatic carbocycles. The monoisotopic (exact) mass is 506 g/mol. The van der Waals surface area contributed by atoms with Crippen LogP contribution in [-0.4, -0.2) is 41.6 Å². The van der Waals surface area contributed by atoms with E-state index in [0.717, 1.165) is 22.2 Å². The Kier molecular flexibility index (Phi) is 7.55. The van der Waals surface area contributed by atoms with E-state index < -0.39 is 17.1 Å². The van der Waals surface area contributed by atoms with Crippen molar-refractivity contribution in [1.29, 1.82) is 0 Å². The molecule has 0 aliphatic carbocycles. The summed E-state index contributed by atoms with van der Waals surface area (Å²) in [7, 11) is 1.23. The predicted octanol–water partition coefficient (Wildman–Crippen LogP) is 4.63. The van der Waals surface area contributed by atoms with Crippen LogP contribution in [0.4, 0.5) is 10.5 Å². The molecule has 1 fully saturated rings. The Morgan fingerprint density at radius 2 is 1.75 bits per heavy atom. The van der Waals surface area contributed by atoms with Crippen LogP contribution in [0.3, 0.4) is 0 Å². The molecule has 10 heteroatoms. The summed E-state index contributed by atoms with van der Waals surface area (Å²) < 4.78 is 15.5. The summed E-state index contributed by atoms with van der Waals surface area (Å²) in [6, 6.07) is 17.2. The number of rotatable bonds is 8. The number of esters is 1. The Morgan fingerprint density at radius 1 is 1.03 bits per heavy atom. The lowest BCUT2D eigenvalue weighted by Gasteiger charge is -2.10. The van der Waals surface area contributed by atoms with Crippen LogP contribution < -0.4 is 10.1 Å². The van der Waals surface area contributed by atoms with Gasteiger partial charge in [0.1, 0.15) is 11.5 Å². The molecule has 1 N–H and O–H groups in total. The highest BCUT2D eigenvalue weighted by molar-refractivity contribution is 8.18. The van der Waals surface area contributed by atoms with Crippen LogP contribution in [0, 0.1) is 6.92 Å². The van der Waals surface area contributed by atoms with E-state index >= 15 is 0 Å². The predicted molar refractivity (Wildman–Crippen MR) is 133 cm³/mol. The number of hydrogen-bond donors (Lipinski definition) is 1. The molecule has 0 radical (unpaired) electrons. The van der Waals surface area contributed by atoms with Gasteiger partial charge in [0, 0.05) is 5.69 Å².